The van der Waals surface area contributed by atoms with Crippen molar-refractivity contribution in [3.63, 3.8) is 0 Å². The number of rotatable bonds is 23. The highest BCUT2D eigenvalue weighted by molar-refractivity contribution is 5.69. The van der Waals surface area contributed by atoms with E-state index in [0.29, 0.717) is 41.8 Å². The van der Waals surface area contributed by atoms with Crippen molar-refractivity contribution in [3.05, 3.63) is 58.7 Å². The minimum atomic E-state index is -0.990. The maximum absolute atomic E-state index is 11.9. The maximum atomic E-state index is 11.9. The van der Waals surface area contributed by atoms with E-state index in [9.17, 15) is 29.4 Å². The molecule has 14 heteroatoms. The number of ether oxygens (including phenoxy) is 6. The first kappa shape index (κ1) is 51.4. The molecule has 2 aromatic rings. The fourth-order valence-electron chi connectivity index (χ4n) is 11.2. The molecule has 362 valence electrons. The normalized spacial score (nSPS) is 24.6. The summed E-state index contributed by atoms with van der Waals surface area (Å²) < 4.78 is 31.8. The summed E-state index contributed by atoms with van der Waals surface area (Å²) in [6, 6.07) is 11.6. The molecule has 10 atom stereocenters. The number of aliphatic hydroxyl groups excluding tert-OH is 2. The van der Waals surface area contributed by atoms with Crippen LogP contribution in [0.4, 0.5) is 9.59 Å². The molecule has 0 bridgehead atoms. The molecule has 0 aromatic heterocycles. The Morgan fingerprint density at radius 1 is 0.615 bits per heavy atom. The van der Waals surface area contributed by atoms with Gasteiger partial charge in [0.05, 0.1) is 25.9 Å². The second kappa shape index (κ2) is 26.0. The third-order valence-corrected chi connectivity index (χ3v) is 14.3. The quantitative estimate of drug-likeness (QED) is 0.0607. The number of carbonyl (C=O) groups excluding carboxylic acids is 2. The summed E-state index contributed by atoms with van der Waals surface area (Å²) >= 11 is 0. The van der Waals surface area contributed by atoms with Gasteiger partial charge in [0.15, 0.2) is 13.2 Å². The number of unbranched alkanes of at least 4 members (excludes halogenated alkanes) is 4. The van der Waals surface area contributed by atoms with Crippen LogP contribution in [0, 0.1) is 35.5 Å². The molecule has 14 nitrogen and oxygen atoms in total. The fourth-order valence-corrected chi connectivity index (χ4v) is 11.2. The number of aliphatic hydroxyl groups is 2. The van der Waals surface area contributed by atoms with Gasteiger partial charge in [-0.15, -0.1) is 0 Å². The van der Waals surface area contributed by atoms with Gasteiger partial charge in [0.25, 0.3) is 0 Å². The van der Waals surface area contributed by atoms with E-state index < -0.39 is 24.2 Å². The molecule has 4 N–H and O–H groups in total. The van der Waals surface area contributed by atoms with Crippen LogP contribution in [0.5, 0.6) is 11.5 Å². The lowest BCUT2D eigenvalue weighted by Gasteiger charge is -2.32. The lowest BCUT2D eigenvalue weighted by molar-refractivity contribution is -0.140. The van der Waals surface area contributed by atoms with Gasteiger partial charge in [-0.2, -0.15) is 0 Å². The highest BCUT2D eigenvalue weighted by Gasteiger charge is 2.46. The first-order valence-electron chi connectivity index (χ1n) is 24.2. The van der Waals surface area contributed by atoms with Gasteiger partial charge in [-0.3, -0.25) is 0 Å². The van der Waals surface area contributed by atoms with Crippen LogP contribution in [-0.4, -0.2) is 96.0 Å². The van der Waals surface area contributed by atoms with Gasteiger partial charge >= 0.3 is 24.2 Å². The van der Waals surface area contributed by atoms with E-state index in [4.69, 9.17) is 38.6 Å². The molecule has 4 aliphatic carbocycles. The van der Waals surface area contributed by atoms with Crippen LogP contribution in [0.15, 0.2) is 36.4 Å². The van der Waals surface area contributed by atoms with Crippen LogP contribution >= 0.6 is 0 Å². The van der Waals surface area contributed by atoms with E-state index in [0.717, 1.165) is 127 Å². The second-order valence-corrected chi connectivity index (χ2v) is 18.5. The topological polar surface area (TPSA) is 205 Å². The zero-order valence-corrected chi connectivity index (χ0v) is 39.0. The number of carboxylic acid groups (broad SMARTS) is 2. The van der Waals surface area contributed by atoms with Crippen molar-refractivity contribution in [2.75, 3.05) is 26.9 Å². The highest BCUT2D eigenvalue weighted by atomic mass is 16.7. The third kappa shape index (κ3) is 15.0. The first-order chi connectivity index (χ1) is 31.3. The number of aliphatic carboxylic acids is 2. The van der Waals surface area contributed by atoms with Gasteiger partial charge in [0, 0.05) is 0 Å². The lowest BCUT2D eigenvalue weighted by Crippen LogP contribution is -2.29. The molecular weight excluding hydrogens is 837 g/mol. The second-order valence-electron chi connectivity index (χ2n) is 18.5. The predicted octanol–water partition coefficient (Wildman–Crippen LogP) is 9.14. The number of carbonyl (C=O) groups is 4. The summed E-state index contributed by atoms with van der Waals surface area (Å²) in [5, 5.41) is 39.7. The molecule has 65 heavy (non-hydrogen) atoms. The van der Waals surface area contributed by atoms with Crippen molar-refractivity contribution in [3.8, 4) is 11.5 Å². The Labute approximate surface area is 384 Å². The smallest absolute Gasteiger partial charge is 0.482 e. The van der Waals surface area contributed by atoms with Crippen molar-refractivity contribution < 1.29 is 68.0 Å². The molecule has 0 unspecified atom stereocenters. The van der Waals surface area contributed by atoms with Crippen LogP contribution < -0.4 is 9.47 Å². The average molecular weight is 911 g/mol. The molecule has 2 aromatic carbocycles. The molecule has 0 aliphatic heterocycles. The van der Waals surface area contributed by atoms with Crippen molar-refractivity contribution in [2.24, 2.45) is 35.5 Å². The molecule has 0 spiro atoms. The van der Waals surface area contributed by atoms with Crippen molar-refractivity contribution in [1.82, 2.24) is 0 Å². The highest BCUT2D eigenvalue weighted by Crippen LogP contribution is 2.50. The Bertz CT molecular complexity index is 1830. The number of hydrogen-bond acceptors (Lipinski definition) is 12. The summed E-state index contributed by atoms with van der Waals surface area (Å²) in [5.41, 5.74) is 4.52. The standard InChI is InChI=1S/C26H38O7.C25H36O7/c1-3-5-6-9-19(33-26(30)31-4-2)11-12-20-21-13-17-8-7-10-24(32-16-25(28)29)22(17)14-18(21)15-23(20)27;1-3-4-5-8-18(32-25(29)30-2)10-11-19-20-12-16-7-6-9-23(31-15-24(27)28)21(16)13-17(20)14-22(19)26/h7-8,10,18-21,23,27H,3-6,9,11-16H2,1-2H3,(H,28,29);6-7,9,17-20,22,26H,3-5,8,10-15H2,1-2H3,(H,27,28)/t18-,19-,20+,21-,23+;17-,18-,19+,20-,22+/m00/s1. The predicted molar refractivity (Wildman–Crippen MR) is 242 cm³/mol. The monoisotopic (exact) mass is 911 g/mol. The van der Waals surface area contributed by atoms with Crippen molar-refractivity contribution in [1.29, 1.82) is 0 Å². The third-order valence-electron chi connectivity index (χ3n) is 14.3. The molecule has 0 heterocycles. The van der Waals surface area contributed by atoms with E-state index in [1.807, 2.05) is 24.3 Å². The zero-order chi connectivity index (χ0) is 46.9. The van der Waals surface area contributed by atoms with Crippen LogP contribution in [0.2, 0.25) is 0 Å². The van der Waals surface area contributed by atoms with E-state index in [2.05, 4.69) is 26.0 Å². The maximum Gasteiger partial charge on any atom is 0.508 e. The average Bonchev–Trinajstić information content (AvgIpc) is 3.76. The van der Waals surface area contributed by atoms with Crippen LogP contribution in [0.3, 0.4) is 0 Å². The van der Waals surface area contributed by atoms with Crippen LogP contribution in [0.25, 0.3) is 0 Å². The molecule has 0 saturated heterocycles. The van der Waals surface area contributed by atoms with E-state index in [1.54, 1.807) is 6.92 Å². The molecule has 0 amide bonds. The Morgan fingerprint density at radius 2 is 1.06 bits per heavy atom. The molecule has 2 saturated carbocycles. The number of methoxy groups -OCH3 is 1. The minimum absolute atomic E-state index is 0.159. The van der Waals surface area contributed by atoms with Gasteiger partial charge in [0.1, 0.15) is 23.7 Å². The Hall–Kier alpha value is -4.56. The number of fused-ring (bicyclic) bond motifs is 4. The van der Waals surface area contributed by atoms with Crippen molar-refractivity contribution in [2.45, 2.75) is 161 Å². The minimum Gasteiger partial charge on any atom is -0.482 e. The number of benzene rings is 2. The van der Waals surface area contributed by atoms with Gasteiger partial charge in [0.2, 0.25) is 0 Å². The molecule has 4 aliphatic rings. The molecule has 6 rings (SSSR count). The Balaban J connectivity index is 0.000000244. The summed E-state index contributed by atoms with van der Waals surface area (Å²) in [7, 11) is 1.32. The Kier molecular flexibility index (Phi) is 20.5. The van der Waals surface area contributed by atoms with E-state index in [1.165, 1.54) is 18.2 Å². The summed E-state index contributed by atoms with van der Waals surface area (Å²) in [6.45, 7) is 5.65. The molecular formula is C51H74O14. The Morgan fingerprint density at radius 3 is 1.46 bits per heavy atom. The fraction of sp³-hybridized carbons (Fsp3) is 0.686. The van der Waals surface area contributed by atoms with Gasteiger partial charge in [-0.1, -0.05) is 63.8 Å². The largest absolute Gasteiger partial charge is 0.508 e. The van der Waals surface area contributed by atoms with E-state index >= 15 is 0 Å². The van der Waals surface area contributed by atoms with Crippen LogP contribution in [-0.2, 0) is 54.2 Å². The van der Waals surface area contributed by atoms with Gasteiger partial charge < -0.3 is 48.8 Å². The lowest BCUT2D eigenvalue weighted by atomic mass is 9.73. The molecule has 0 radical (unpaired) electrons. The SMILES string of the molecule is CCCCC[C@@H](CC[C@@H]1[C@H]2Cc3cccc(OCC(=O)O)c3C[C@H]2C[C@H]1O)OC(=O)OC.CCCCC[C@@H](CC[C@@H]1[C@H]2Cc3cccc(OCC(=O)O)c3C[C@H]2C[C@H]1O)OC(=O)OCC. The first-order valence-corrected chi connectivity index (χ1v) is 24.2. The summed E-state index contributed by atoms with van der Waals surface area (Å²) in [4.78, 5) is 45.4. The summed E-state index contributed by atoms with van der Waals surface area (Å²) in [5.74, 6) is 1.04. The number of hydrogen-bond donors (Lipinski definition) is 4. The number of carboxylic acids is 2. The summed E-state index contributed by atoms with van der Waals surface area (Å²) in [6.07, 6.45) is 13.5. The molecule has 2 fully saturated rings. The zero-order valence-electron chi connectivity index (χ0n) is 39.0. The van der Waals surface area contributed by atoms with Crippen LogP contribution in [0.1, 0.15) is 133 Å². The van der Waals surface area contributed by atoms with Gasteiger partial charge in [-0.25, -0.2) is 19.2 Å². The van der Waals surface area contributed by atoms with Crippen molar-refractivity contribution >= 4 is 24.2 Å². The van der Waals surface area contributed by atoms with E-state index in [-0.39, 0.29) is 49.5 Å². The van der Waals surface area contributed by atoms with Gasteiger partial charge in [-0.05, 0) is 167 Å².